The van der Waals surface area contributed by atoms with Gasteiger partial charge in [-0.15, -0.1) is 0 Å². The van der Waals surface area contributed by atoms with Crippen molar-refractivity contribution in [3.8, 4) is 0 Å². The van der Waals surface area contributed by atoms with Crippen LogP contribution in [0, 0.1) is 0 Å². The molecule has 2 aliphatic rings. The lowest BCUT2D eigenvalue weighted by molar-refractivity contribution is 0.182. The molecule has 2 heterocycles. The van der Waals surface area contributed by atoms with Gasteiger partial charge in [-0.2, -0.15) is 0 Å². The van der Waals surface area contributed by atoms with E-state index in [9.17, 15) is 0 Å². The van der Waals surface area contributed by atoms with E-state index < -0.39 is 0 Å². The zero-order chi connectivity index (χ0) is 11.4. The molecule has 0 aromatic heterocycles. The Hall–Kier alpha value is -0.120. The quantitative estimate of drug-likeness (QED) is 0.757. The summed E-state index contributed by atoms with van der Waals surface area (Å²) in [6.45, 7) is 8.63. The number of rotatable bonds is 5. The number of likely N-dealkylation sites (N-methyl/N-ethyl adjacent to an activating group) is 1. The molecule has 2 rings (SSSR count). The number of hydrogen-bond acceptors (Lipinski definition) is 3. The molecule has 0 bridgehead atoms. The van der Waals surface area contributed by atoms with Crippen molar-refractivity contribution in [2.24, 2.45) is 0 Å². The Bertz CT molecular complexity index is 201. The van der Waals surface area contributed by atoms with Gasteiger partial charge in [0.05, 0.1) is 0 Å². The monoisotopic (exact) mass is 225 g/mol. The van der Waals surface area contributed by atoms with Crippen LogP contribution in [0.15, 0.2) is 0 Å². The molecule has 3 heteroatoms. The van der Waals surface area contributed by atoms with Crippen molar-refractivity contribution in [3.05, 3.63) is 0 Å². The first-order chi connectivity index (χ1) is 7.79. The summed E-state index contributed by atoms with van der Waals surface area (Å²) in [7, 11) is 2.25. The second-order valence-electron chi connectivity index (χ2n) is 5.49. The Morgan fingerprint density at radius 2 is 2.25 bits per heavy atom. The maximum atomic E-state index is 3.62. The first-order valence-electron chi connectivity index (χ1n) is 6.95. The van der Waals surface area contributed by atoms with Crippen LogP contribution in [-0.2, 0) is 0 Å². The van der Waals surface area contributed by atoms with Crippen LogP contribution in [0.25, 0.3) is 0 Å². The van der Waals surface area contributed by atoms with Crippen LogP contribution >= 0.6 is 0 Å². The summed E-state index contributed by atoms with van der Waals surface area (Å²) in [4.78, 5) is 5.20. The summed E-state index contributed by atoms with van der Waals surface area (Å²) < 4.78 is 0. The highest BCUT2D eigenvalue weighted by Gasteiger charge is 2.27. The third-order valence-electron chi connectivity index (χ3n) is 4.01. The predicted octanol–water partition coefficient (Wildman–Crippen LogP) is 1.15. The standard InChI is InChI=1S/C13H27N3/c1-3-8-16(10-12-5-4-7-14-12)13-6-9-15(2)11-13/h12-14H,3-11H2,1-2H3. The second-order valence-corrected chi connectivity index (χ2v) is 5.49. The largest absolute Gasteiger partial charge is 0.313 e. The van der Waals surface area contributed by atoms with Gasteiger partial charge in [0.1, 0.15) is 0 Å². The normalized spacial score (nSPS) is 31.7. The van der Waals surface area contributed by atoms with Crippen molar-refractivity contribution < 1.29 is 0 Å². The Labute approximate surface area is 100 Å². The Morgan fingerprint density at radius 1 is 1.38 bits per heavy atom. The van der Waals surface area contributed by atoms with Crippen molar-refractivity contribution in [1.82, 2.24) is 15.1 Å². The molecule has 3 nitrogen and oxygen atoms in total. The lowest BCUT2D eigenvalue weighted by Gasteiger charge is -2.31. The van der Waals surface area contributed by atoms with Crippen LogP contribution < -0.4 is 5.32 Å². The summed E-state index contributed by atoms with van der Waals surface area (Å²) in [5, 5.41) is 3.62. The van der Waals surface area contributed by atoms with Crippen LogP contribution in [-0.4, -0.2) is 61.7 Å². The molecule has 0 saturated carbocycles. The SMILES string of the molecule is CCCN(CC1CCCN1)C1CCN(C)C1. The van der Waals surface area contributed by atoms with Gasteiger partial charge in [0, 0.05) is 25.2 Å². The van der Waals surface area contributed by atoms with Gasteiger partial charge in [0.2, 0.25) is 0 Å². The molecule has 0 aliphatic carbocycles. The number of likely N-dealkylation sites (tertiary alicyclic amines) is 1. The van der Waals surface area contributed by atoms with Gasteiger partial charge in [-0.1, -0.05) is 6.92 Å². The third kappa shape index (κ3) is 3.19. The van der Waals surface area contributed by atoms with Crippen molar-refractivity contribution in [2.75, 3.05) is 39.8 Å². The molecule has 94 valence electrons. The molecule has 2 atom stereocenters. The Kier molecular flexibility index (Phi) is 4.62. The van der Waals surface area contributed by atoms with Gasteiger partial charge in [0.15, 0.2) is 0 Å². The number of hydrogen-bond donors (Lipinski definition) is 1. The van der Waals surface area contributed by atoms with E-state index in [2.05, 4.69) is 29.1 Å². The van der Waals surface area contributed by atoms with Crippen molar-refractivity contribution in [2.45, 2.75) is 44.7 Å². The molecule has 0 amide bonds. The van der Waals surface area contributed by atoms with E-state index >= 15 is 0 Å². The Morgan fingerprint density at radius 3 is 2.81 bits per heavy atom. The van der Waals surface area contributed by atoms with Crippen molar-refractivity contribution in [1.29, 1.82) is 0 Å². The van der Waals surface area contributed by atoms with Crippen LogP contribution in [0.1, 0.15) is 32.6 Å². The molecule has 1 N–H and O–H groups in total. The molecule has 0 spiro atoms. The molecule has 2 unspecified atom stereocenters. The van der Waals surface area contributed by atoms with Crippen LogP contribution in [0.3, 0.4) is 0 Å². The molecular weight excluding hydrogens is 198 g/mol. The number of nitrogens with zero attached hydrogens (tertiary/aromatic N) is 2. The maximum Gasteiger partial charge on any atom is 0.0235 e. The lowest BCUT2D eigenvalue weighted by Crippen LogP contribution is -2.44. The summed E-state index contributed by atoms with van der Waals surface area (Å²) in [5.41, 5.74) is 0. The molecule has 0 aromatic rings. The first-order valence-corrected chi connectivity index (χ1v) is 6.95. The zero-order valence-corrected chi connectivity index (χ0v) is 10.9. The van der Waals surface area contributed by atoms with E-state index in [1.165, 1.54) is 58.4 Å². The smallest absolute Gasteiger partial charge is 0.0235 e. The van der Waals surface area contributed by atoms with E-state index in [4.69, 9.17) is 0 Å². The minimum absolute atomic E-state index is 0.762. The van der Waals surface area contributed by atoms with Gasteiger partial charge in [-0.25, -0.2) is 0 Å². The van der Waals surface area contributed by atoms with Gasteiger partial charge in [0.25, 0.3) is 0 Å². The fourth-order valence-electron chi connectivity index (χ4n) is 3.12. The third-order valence-corrected chi connectivity index (χ3v) is 4.01. The van der Waals surface area contributed by atoms with Crippen molar-refractivity contribution >= 4 is 0 Å². The van der Waals surface area contributed by atoms with Crippen LogP contribution in [0.2, 0.25) is 0 Å². The molecular formula is C13H27N3. The Balaban J connectivity index is 1.83. The molecule has 0 radical (unpaired) electrons. The molecule has 2 fully saturated rings. The first kappa shape index (κ1) is 12.3. The predicted molar refractivity (Wildman–Crippen MR) is 68.8 cm³/mol. The van der Waals surface area contributed by atoms with E-state index in [1.54, 1.807) is 0 Å². The highest BCUT2D eigenvalue weighted by Crippen LogP contribution is 2.17. The molecule has 2 aliphatic heterocycles. The van der Waals surface area contributed by atoms with Crippen LogP contribution in [0.5, 0.6) is 0 Å². The topological polar surface area (TPSA) is 18.5 Å². The van der Waals surface area contributed by atoms with Crippen LogP contribution in [0.4, 0.5) is 0 Å². The minimum atomic E-state index is 0.762. The van der Waals surface area contributed by atoms with Gasteiger partial charge < -0.3 is 10.2 Å². The average Bonchev–Trinajstić information content (AvgIpc) is 2.88. The molecule has 16 heavy (non-hydrogen) atoms. The van der Waals surface area contributed by atoms with E-state index in [0.29, 0.717) is 0 Å². The van der Waals surface area contributed by atoms with Gasteiger partial charge in [-0.05, 0) is 52.4 Å². The molecule has 2 saturated heterocycles. The van der Waals surface area contributed by atoms with E-state index in [0.717, 1.165) is 12.1 Å². The summed E-state index contributed by atoms with van der Waals surface area (Å²) >= 11 is 0. The van der Waals surface area contributed by atoms with Crippen molar-refractivity contribution in [3.63, 3.8) is 0 Å². The van der Waals surface area contributed by atoms with Gasteiger partial charge >= 0.3 is 0 Å². The lowest BCUT2D eigenvalue weighted by atomic mass is 10.1. The highest BCUT2D eigenvalue weighted by atomic mass is 15.3. The molecule has 0 aromatic carbocycles. The summed E-state index contributed by atoms with van der Waals surface area (Å²) in [6.07, 6.45) is 5.40. The van der Waals surface area contributed by atoms with Gasteiger partial charge in [-0.3, -0.25) is 4.90 Å². The fourth-order valence-corrected chi connectivity index (χ4v) is 3.12. The number of nitrogens with one attached hydrogen (secondary N) is 1. The average molecular weight is 225 g/mol. The second kappa shape index (κ2) is 5.99. The fraction of sp³-hybridized carbons (Fsp3) is 1.00. The van der Waals surface area contributed by atoms with E-state index in [1.807, 2.05) is 0 Å². The maximum absolute atomic E-state index is 3.62. The van der Waals surface area contributed by atoms with E-state index in [-0.39, 0.29) is 0 Å². The summed E-state index contributed by atoms with van der Waals surface area (Å²) in [5.74, 6) is 0. The summed E-state index contributed by atoms with van der Waals surface area (Å²) in [6, 6.07) is 1.57. The minimum Gasteiger partial charge on any atom is -0.313 e. The zero-order valence-electron chi connectivity index (χ0n) is 10.9. The highest BCUT2D eigenvalue weighted by molar-refractivity contribution is 4.86.